The highest BCUT2D eigenvalue weighted by Gasteiger charge is 2.31. The molecule has 0 aliphatic heterocycles. The minimum Gasteiger partial charge on any atom is -0.424 e. The van der Waals surface area contributed by atoms with Crippen LogP contribution in [0.25, 0.3) is 23.7 Å². The molecule has 0 unspecified atom stereocenters. The molecule has 3 rings (SSSR count). The van der Waals surface area contributed by atoms with Gasteiger partial charge in [-0.05, 0) is 18.2 Å². The minimum absolute atomic E-state index is 0.0489. The number of benzene rings is 1. The van der Waals surface area contributed by atoms with E-state index in [0.717, 1.165) is 18.5 Å². The van der Waals surface area contributed by atoms with Gasteiger partial charge >= 0.3 is 6.18 Å². The molecule has 0 aliphatic carbocycles. The van der Waals surface area contributed by atoms with Gasteiger partial charge in [-0.1, -0.05) is 0 Å². The van der Waals surface area contributed by atoms with Crippen molar-refractivity contribution >= 4 is 12.3 Å². The van der Waals surface area contributed by atoms with E-state index in [1.807, 2.05) is 0 Å². The van der Waals surface area contributed by atoms with Gasteiger partial charge < -0.3 is 4.42 Å². The first-order valence-electron chi connectivity index (χ1n) is 6.44. The molecule has 0 aliphatic rings. The Kier molecular flexibility index (Phi) is 3.83. The zero-order valence-electron chi connectivity index (χ0n) is 11.8. The lowest BCUT2D eigenvalue weighted by molar-refractivity contribution is -0.137. The second-order valence-corrected chi connectivity index (χ2v) is 4.55. The van der Waals surface area contributed by atoms with Crippen LogP contribution in [0.1, 0.15) is 17.0 Å². The minimum atomic E-state index is -4.57. The van der Waals surface area contributed by atoms with Gasteiger partial charge in [0.2, 0.25) is 12.3 Å². The maximum atomic E-state index is 12.9. The van der Waals surface area contributed by atoms with E-state index in [1.54, 1.807) is 6.07 Å². The predicted octanol–water partition coefficient (Wildman–Crippen LogP) is 2.85. The van der Waals surface area contributed by atoms with Crippen molar-refractivity contribution in [2.75, 3.05) is 0 Å². The van der Waals surface area contributed by atoms with Crippen molar-refractivity contribution in [3.63, 3.8) is 0 Å². The van der Waals surface area contributed by atoms with Crippen molar-refractivity contribution in [3.05, 3.63) is 47.9 Å². The van der Waals surface area contributed by atoms with E-state index in [4.69, 9.17) is 9.68 Å². The third-order valence-electron chi connectivity index (χ3n) is 2.90. The summed E-state index contributed by atoms with van der Waals surface area (Å²) in [7, 11) is 0. The molecule has 7 nitrogen and oxygen atoms in total. The molecule has 0 radical (unpaired) electrons. The summed E-state index contributed by atoms with van der Waals surface area (Å²) in [5.41, 5.74) is -0.974. The average molecular weight is 332 g/mol. The van der Waals surface area contributed by atoms with E-state index >= 15 is 0 Å². The Morgan fingerprint density at radius 2 is 2.08 bits per heavy atom. The molecule has 0 saturated heterocycles. The largest absolute Gasteiger partial charge is 0.424 e. The monoisotopic (exact) mass is 332 g/mol. The summed E-state index contributed by atoms with van der Waals surface area (Å²) < 4.78 is 44.8. The number of hydrogen-bond donors (Lipinski definition) is 0. The number of halogens is 3. The molecular weight excluding hydrogens is 325 g/mol. The summed E-state index contributed by atoms with van der Waals surface area (Å²) in [5.74, 6) is 0.283. The summed E-state index contributed by atoms with van der Waals surface area (Å²) in [4.78, 5) is 3.94. The van der Waals surface area contributed by atoms with Crippen molar-refractivity contribution in [3.8, 4) is 17.5 Å². The van der Waals surface area contributed by atoms with Crippen LogP contribution in [0, 0.1) is 11.3 Å². The molecule has 0 bridgehead atoms. The SMILES string of the molecule is N#Cc1cc(-c2ncn(/C=C\c3nnco3)n2)cc(C(F)(F)F)c1. The Hall–Kier alpha value is -3.48. The van der Waals surface area contributed by atoms with Gasteiger partial charge in [0, 0.05) is 17.8 Å². The van der Waals surface area contributed by atoms with Gasteiger partial charge in [-0.2, -0.15) is 18.4 Å². The Balaban J connectivity index is 1.94. The Bertz CT molecular complexity index is 921. The van der Waals surface area contributed by atoms with Crippen molar-refractivity contribution < 1.29 is 17.6 Å². The average Bonchev–Trinajstić information content (AvgIpc) is 3.23. The fourth-order valence-corrected chi connectivity index (χ4v) is 1.86. The van der Waals surface area contributed by atoms with Gasteiger partial charge in [0.05, 0.1) is 17.2 Å². The van der Waals surface area contributed by atoms with Crippen molar-refractivity contribution in [2.24, 2.45) is 0 Å². The van der Waals surface area contributed by atoms with Crippen LogP contribution in [-0.4, -0.2) is 25.0 Å². The van der Waals surface area contributed by atoms with E-state index in [1.165, 1.54) is 29.4 Å². The first-order chi connectivity index (χ1) is 11.5. The third-order valence-corrected chi connectivity index (χ3v) is 2.90. The van der Waals surface area contributed by atoms with Gasteiger partial charge in [-0.25, -0.2) is 9.67 Å². The molecule has 1 aromatic carbocycles. The molecule has 0 N–H and O–H groups in total. The van der Waals surface area contributed by atoms with E-state index in [9.17, 15) is 13.2 Å². The fraction of sp³-hybridized carbons (Fsp3) is 0.0714. The van der Waals surface area contributed by atoms with Crippen LogP contribution in [0.3, 0.4) is 0 Å². The third kappa shape index (κ3) is 3.30. The summed E-state index contributed by atoms with van der Waals surface area (Å²) in [6, 6.07) is 4.65. The van der Waals surface area contributed by atoms with Crippen molar-refractivity contribution in [2.45, 2.75) is 6.18 Å². The molecule has 0 saturated carbocycles. The van der Waals surface area contributed by atoms with Gasteiger partial charge in [0.25, 0.3) is 0 Å². The smallest absolute Gasteiger partial charge is 0.416 e. The molecule has 3 aromatic rings. The van der Waals surface area contributed by atoms with Crippen LogP contribution in [0.2, 0.25) is 0 Å². The van der Waals surface area contributed by atoms with Gasteiger partial charge in [-0.15, -0.1) is 15.3 Å². The van der Waals surface area contributed by atoms with Crippen LogP contribution in [0.4, 0.5) is 13.2 Å². The summed E-state index contributed by atoms with van der Waals surface area (Å²) in [6.07, 6.45) is 0.788. The van der Waals surface area contributed by atoms with Gasteiger partial charge in [-0.3, -0.25) is 0 Å². The summed E-state index contributed by atoms with van der Waals surface area (Å²) in [6.45, 7) is 0. The van der Waals surface area contributed by atoms with E-state index in [0.29, 0.717) is 0 Å². The van der Waals surface area contributed by atoms with Crippen molar-refractivity contribution in [1.29, 1.82) is 5.26 Å². The van der Waals surface area contributed by atoms with Gasteiger partial charge in [0.1, 0.15) is 6.33 Å². The number of aromatic nitrogens is 5. The highest BCUT2D eigenvalue weighted by Crippen LogP contribution is 2.32. The Labute approximate surface area is 132 Å². The molecule has 0 amide bonds. The zero-order valence-corrected chi connectivity index (χ0v) is 11.8. The number of nitrogens with zero attached hydrogens (tertiary/aromatic N) is 6. The highest BCUT2D eigenvalue weighted by atomic mass is 19.4. The normalized spacial score (nSPS) is 11.8. The summed E-state index contributed by atoms with van der Waals surface area (Å²) in [5, 5.41) is 20.0. The molecule has 2 heterocycles. The number of hydrogen-bond acceptors (Lipinski definition) is 6. The van der Waals surface area contributed by atoms with Crippen LogP contribution >= 0.6 is 0 Å². The maximum absolute atomic E-state index is 12.9. The lowest BCUT2D eigenvalue weighted by atomic mass is 10.1. The number of rotatable bonds is 3. The molecule has 0 spiro atoms. The lowest BCUT2D eigenvalue weighted by Crippen LogP contribution is -2.05. The quantitative estimate of drug-likeness (QED) is 0.732. The van der Waals surface area contributed by atoms with Gasteiger partial charge in [0.15, 0.2) is 5.82 Å². The van der Waals surface area contributed by atoms with Crippen LogP contribution in [0.5, 0.6) is 0 Å². The van der Waals surface area contributed by atoms with E-state index in [2.05, 4.69) is 20.3 Å². The zero-order chi connectivity index (χ0) is 17.2. The molecule has 2 aromatic heterocycles. The van der Waals surface area contributed by atoms with Crippen LogP contribution in [-0.2, 0) is 6.18 Å². The highest BCUT2D eigenvalue weighted by molar-refractivity contribution is 5.60. The van der Waals surface area contributed by atoms with Crippen LogP contribution < -0.4 is 0 Å². The molecule has 10 heteroatoms. The molecule has 120 valence electrons. The molecule has 0 atom stereocenters. The van der Waals surface area contributed by atoms with E-state index < -0.39 is 11.7 Å². The number of alkyl halides is 3. The molecular formula is C14H7F3N6O. The first-order valence-corrected chi connectivity index (χ1v) is 6.44. The maximum Gasteiger partial charge on any atom is 0.416 e. The molecule has 24 heavy (non-hydrogen) atoms. The topological polar surface area (TPSA) is 93.4 Å². The Morgan fingerprint density at radius 1 is 1.25 bits per heavy atom. The predicted molar refractivity (Wildman–Crippen MR) is 74.7 cm³/mol. The summed E-state index contributed by atoms with van der Waals surface area (Å²) >= 11 is 0. The first kappa shape index (κ1) is 15.4. The second kappa shape index (κ2) is 5.96. The second-order valence-electron chi connectivity index (χ2n) is 4.55. The number of nitriles is 1. The Morgan fingerprint density at radius 3 is 2.75 bits per heavy atom. The standard InChI is InChI=1S/C14H7F3N6O/c15-14(16,17)11-4-9(6-18)3-10(5-11)13-19-7-23(22-13)2-1-12-21-20-8-24-12/h1-5,7-8H/b2-1-. The van der Waals surface area contributed by atoms with E-state index in [-0.39, 0.29) is 22.8 Å². The van der Waals surface area contributed by atoms with Crippen molar-refractivity contribution in [1.82, 2.24) is 25.0 Å². The lowest BCUT2D eigenvalue weighted by Gasteiger charge is -2.08. The van der Waals surface area contributed by atoms with Crippen LogP contribution in [0.15, 0.2) is 35.3 Å². The molecule has 0 fully saturated rings. The fourth-order valence-electron chi connectivity index (χ4n) is 1.86.